The van der Waals surface area contributed by atoms with Gasteiger partial charge in [-0.3, -0.25) is 0 Å². The maximum absolute atomic E-state index is 12.0. The average molecular weight is 291 g/mol. The fourth-order valence-electron chi connectivity index (χ4n) is 2.40. The van der Waals surface area contributed by atoms with Crippen LogP contribution in [0.3, 0.4) is 0 Å². The number of carbonyl (C=O) groups is 1. The molecule has 0 spiro atoms. The molecule has 0 unspecified atom stereocenters. The highest BCUT2D eigenvalue weighted by atomic mass is 16.6. The van der Waals surface area contributed by atoms with Gasteiger partial charge < -0.3 is 20.3 Å². The molecule has 1 amide bonds. The van der Waals surface area contributed by atoms with Crippen LogP contribution in [0.5, 0.6) is 0 Å². The molecule has 5 heteroatoms. The number of benzene rings is 1. The smallest absolute Gasteiger partial charge is 0.410 e. The van der Waals surface area contributed by atoms with Gasteiger partial charge in [0.15, 0.2) is 0 Å². The number of nitrogen functional groups attached to an aromatic ring is 1. The number of aryl methyl sites for hydroxylation is 1. The summed E-state index contributed by atoms with van der Waals surface area (Å²) in [6.45, 7) is 10.5. The van der Waals surface area contributed by atoms with Crippen LogP contribution in [0, 0.1) is 6.92 Å². The highest BCUT2D eigenvalue weighted by Gasteiger charge is 2.26. The van der Waals surface area contributed by atoms with Gasteiger partial charge in [-0.2, -0.15) is 0 Å². The molecule has 1 heterocycles. The Morgan fingerprint density at radius 1 is 1.19 bits per heavy atom. The minimum Gasteiger partial charge on any atom is -0.444 e. The molecule has 5 nitrogen and oxygen atoms in total. The fourth-order valence-corrected chi connectivity index (χ4v) is 2.40. The monoisotopic (exact) mass is 291 g/mol. The van der Waals surface area contributed by atoms with Gasteiger partial charge in [-0.05, 0) is 39.3 Å². The number of para-hydroxylation sites is 1. The number of hydrogen-bond donors (Lipinski definition) is 1. The second-order valence-corrected chi connectivity index (χ2v) is 6.46. The molecule has 1 aromatic carbocycles. The Balaban J connectivity index is 1.97. The summed E-state index contributed by atoms with van der Waals surface area (Å²) in [4.78, 5) is 16.0. The van der Waals surface area contributed by atoms with E-state index in [1.54, 1.807) is 4.90 Å². The van der Waals surface area contributed by atoms with Gasteiger partial charge in [-0.25, -0.2) is 4.79 Å². The summed E-state index contributed by atoms with van der Waals surface area (Å²) in [6, 6.07) is 6.06. The first-order chi connectivity index (χ1) is 9.78. The van der Waals surface area contributed by atoms with Crippen molar-refractivity contribution in [2.24, 2.45) is 0 Å². The molecule has 0 saturated carbocycles. The van der Waals surface area contributed by atoms with Crippen molar-refractivity contribution in [1.82, 2.24) is 4.90 Å². The summed E-state index contributed by atoms with van der Waals surface area (Å²) in [5, 5.41) is 0. The predicted octanol–water partition coefficient (Wildman–Crippen LogP) is 2.63. The highest BCUT2D eigenvalue weighted by molar-refractivity contribution is 5.72. The molecule has 0 bridgehead atoms. The molecule has 2 N–H and O–H groups in total. The summed E-state index contributed by atoms with van der Waals surface area (Å²) in [5.41, 5.74) is 8.66. The van der Waals surface area contributed by atoms with Crippen molar-refractivity contribution in [2.75, 3.05) is 36.8 Å². The van der Waals surface area contributed by atoms with Gasteiger partial charge in [0, 0.05) is 26.2 Å². The lowest BCUT2D eigenvalue weighted by Crippen LogP contribution is -2.50. The van der Waals surface area contributed by atoms with E-state index in [2.05, 4.69) is 4.90 Å². The van der Waals surface area contributed by atoms with Gasteiger partial charge in [-0.1, -0.05) is 12.1 Å². The van der Waals surface area contributed by atoms with Crippen LogP contribution in [-0.2, 0) is 4.74 Å². The molecule has 1 fully saturated rings. The van der Waals surface area contributed by atoms with Gasteiger partial charge in [0.25, 0.3) is 0 Å². The molecular weight excluding hydrogens is 266 g/mol. The summed E-state index contributed by atoms with van der Waals surface area (Å²) >= 11 is 0. The minimum absolute atomic E-state index is 0.237. The van der Waals surface area contributed by atoms with Crippen LogP contribution in [0.25, 0.3) is 0 Å². The highest BCUT2D eigenvalue weighted by Crippen LogP contribution is 2.27. The Hall–Kier alpha value is -1.91. The Labute approximate surface area is 126 Å². The number of rotatable bonds is 1. The van der Waals surface area contributed by atoms with Crippen molar-refractivity contribution < 1.29 is 9.53 Å². The summed E-state index contributed by atoms with van der Waals surface area (Å²) in [6.07, 6.45) is -0.237. The van der Waals surface area contributed by atoms with Crippen LogP contribution in [0.2, 0.25) is 0 Å². The largest absolute Gasteiger partial charge is 0.444 e. The third kappa shape index (κ3) is 3.80. The van der Waals surface area contributed by atoms with Crippen molar-refractivity contribution in [1.29, 1.82) is 0 Å². The van der Waals surface area contributed by atoms with E-state index < -0.39 is 5.60 Å². The number of nitrogens with zero attached hydrogens (tertiary/aromatic N) is 2. The molecule has 0 radical (unpaired) electrons. The first-order valence-corrected chi connectivity index (χ1v) is 7.36. The summed E-state index contributed by atoms with van der Waals surface area (Å²) < 4.78 is 5.40. The van der Waals surface area contributed by atoms with Gasteiger partial charge in [0.1, 0.15) is 5.60 Å². The van der Waals surface area contributed by atoms with E-state index in [1.165, 1.54) is 0 Å². The molecule has 1 aliphatic rings. The van der Waals surface area contributed by atoms with E-state index in [9.17, 15) is 4.79 Å². The molecule has 1 aromatic rings. The maximum atomic E-state index is 12.0. The number of carbonyl (C=O) groups excluding carboxylic acids is 1. The lowest BCUT2D eigenvalue weighted by Gasteiger charge is -2.37. The predicted molar refractivity (Wildman–Crippen MR) is 85.6 cm³/mol. The molecule has 2 rings (SSSR count). The van der Waals surface area contributed by atoms with Crippen LogP contribution in [-0.4, -0.2) is 42.8 Å². The van der Waals surface area contributed by atoms with Crippen molar-refractivity contribution in [3.05, 3.63) is 23.8 Å². The van der Waals surface area contributed by atoms with Crippen LogP contribution in [0.4, 0.5) is 16.2 Å². The van der Waals surface area contributed by atoms with Gasteiger partial charge in [-0.15, -0.1) is 0 Å². The number of anilines is 2. The lowest BCUT2D eigenvalue weighted by molar-refractivity contribution is 0.0240. The molecule has 21 heavy (non-hydrogen) atoms. The normalized spacial score (nSPS) is 16.0. The van der Waals surface area contributed by atoms with E-state index in [-0.39, 0.29) is 6.09 Å². The summed E-state index contributed by atoms with van der Waals surface area (Å²) in [7, 11) is 0. The first-order valence-electron chi connectivity index (χ1n) is 7.36. The molecule has 1 aliphatic heterocycles. The standard InChI is InChI=1S/C16H25N3O2/c1-12-6-5-7-13(14(12)17)18-8-10-19(11-9-18)15(20)21-16(2,3)4/h5-7H,8-11,17H2,1-4H3. The quantitative estimate of drug-likeness (QED) is 0.808. The number of amides is 1. The van der Waals surface area contributed by atoms with Crippen molar-refractivity contribution in [2.45, 2.75) is 33.3 Å². The Morgan fingerprint density at radius 2 is 1.81 bits per heavy atom. The van der Waals surface area contributed by atoms with Crippen molar-refractivity contribution in [3.8, 4) is 0 Å². The van der Waals surface area contributed by atoms with Gasteiger partial charge >= 0.3 is 6.09 Å². The second kappa shape index (κ2) is 5.84. The number of piperazine rings is 1. The summed E-state index contributed by atoms with van der Waals surface area (Å²) in [5.74, 6) is 0. The Morgan fingerprint density at radius 3 is 2.38 bits per heavy atom. The zero-order chi connectivity index (χ0) is 15.6. The van der Waals surface area contributed by atoms with E-state index in [0.717, 1.165) is 30.0 Å². The number of ether oxygens (including phenoxy) is 1. The van der Waals surface area contributed by atoms with Crippen molar-refractivity contribution in [3.63, 3.8) is 0 Å². The van der Waals surface area contributed by atoms with Crippen LogP contribution in [0.1, 0.15) is 26.3 Å². The molecule has 0 atom stereocenters. The molecule has 116 valence electrons. The lowest BCUT2D eigenvalue weighted by atomic mass is 10.1. The molecule has 0 aliphatic carbocycles. The zero-order valence-electron chi connectivity index (χ0n) is 13.3. The third-order valence-electron chi connectivity index (χ3n) is 3.57. The van der Waals surface area contributed by atoms with E-state index in [1.807, 2.05) is 45.9 Å². The van der Waals surface area contributed by atoms with E-state index in [4.69, 9.17) is 10.5 Å². The molecule has 1 saturated heterocycles. The van der Waals surface area contributed by atoms with Crippen molar-refractivity contribution >= 4 is 17.5 Å². The number of hydrogen-bond acceptors (Lipinski definition) is 4. The topological polar surface area (TPSA) is 58.8 Å². The Bertz CT molecular complexity index is 515. The second-order valence-electron chi connectivity index (χ2n) is 6.46. The SMILES string of the molecule is Cc1cccc(N2CCN(C(=O)OC(C)(C)C)CC2)c1N. The minimum atomic E-state index is -0.449. The average Bonchev–Trinajstić information content (AvgIpc) is 2.40. The first kappa shape index (κ1) is 15.5. The number of nitrogens with two attached hydrogens (primary N) is 1. The fraction of sp³-hybridized carbons (Fsp3) is 0.562. The zero-order valence-corrected chi connectivity index (χ0v) is 13.3. The van der Waals surface area contributed by atoms with Crippen LogP contribution < -0.4 is 10.6 Å². The Kier molecular flexibility index (Phi) is 4.30. The van der Waals surface area contributed by atoms with Crippen LogP contribution in [0.15, 0.2) is 18.2 Å². The maximum Gasteiger partial charge on any atom is 0.410 e. The van der Waals surface area contributed by atoms with Crippen LogP contribution >= 0.6 is 0 Å². The third-order valence-corrected chi connectivity index (χ3v) is 3.57. The van der Waals surface area contributed by atoms with Gasteiger partial charge in [0.2, 0.25) is 0 Å². The van der Waals surface area contributed by atoms with Gasteiger partial charge in [0.05, 0.1) is 11.4 Å². The van der Waals surface area contributed by atoms with E-state index in [0.29, 0.717) is 13.1 Å². The van der Waals surface area contributed by atoms with E-state index >= 15 is 0 Å². The molecule has 0 aromatic heterocycles. The molecular formula is C16H25N3O2.